The summed E-state index contributed by atoms with van der Waals surface area (Å²) < 4.78 is 7.71. The zero-order valence-corrected chi connectivity index (χ0v) is 20.0. The van der Waals surface area contributed by atoms with Crippen LogP contribution in [0.5, 0.6) is 0 Å². The maximum absolute atomic E-state index is 13.6. The van der Waals surface area contributed by atoms with Crippen molar-refractivity contribution < 1.29 is 4.74 Å². The first-order chi connectivity index (χ1) is 17.2. The summed E-state index contributed by atoms with van der Waals surface area (Å²) in [5.41, 5.74) is 5.04. The van der Waals surface area contributed by atoms with Crippen molar-refractivity contribution in [1.29, 1.82) is 0 Å². The van der Waals surface area contributed by atoms with E-state index in [0.717, 1.165) is 61.8 Å². The molecule has 0 spiro atoms. The highest BCUT2D eigenvalue weighted by atomic mass is 16.5. The van der Waals surface area contributed by atoms with Gasteiger partial charge in [-0.3, -0.25) is 4.79 Å². The third-order valence-corrected chi connectivity index (χ3v) is 7.30. The number of H-pyrrole nitrogens is 1. The van der Waals surface area contributed by atoms with Gasteiger partial charge in [0.25, 0.3) is 5.56 Å². The van der Waals surface area contributed by atoms with Crippen LogP contribution in [0.4, 0.5) is 5.69 Å². The van der Waals surface area contributed by atoms with Crippen molar-refractivity contribution in [3.8, 4) is 0 Å². The Morgan fingerprint density at radius 3 is 2.94 bits per heavy atom. The lowest BCUT2D eigenvalue weighted by Gasteiger charge is -2.37. The quantitative estimate of drug-likeness (QED) is 0.461. The number of tetrazole rings is 1. The second kappa shape index (κ2) is 9.26. The first-order valence-corrected chi connectivity index (χ1v) is 12.6. The fourth-order valence-electron chi connectivity index (χ4n) is 5.49. The number of hydrogen-bond donors (Lipinski definition) is 1. The molecule has 1 saturated heterocycles. The summed E-state index contributed by atoms with van der Waals surface area (Å²) in [5.74, 6) is 0.675. The maximum Gasteiger partial charge on any atom is 0.254 e. The number of aromatic amines is 1. The zero-order valence-electron chi connectivity index (χ0n) is 20.0. The molecule has 4 aromatic rings. The van der Waals surface area contributed by atoms with Gasteiger partial charge >= 0.3 is 0 Å². The summed E-state index contributed by atoms with van der Waals surface area (Å²) in [6, 6.07) is 16.3. The van der Waals surface area contributed by atoms with Crippen LogP contribution >= 0.6 is 0 Å². The fraction of sp³-hybridized carbons (Fsp3) is 0.407. The van der Waals surface area contributed by atoms with Gasteiger partial charge in [-0.05, 0) is 83.3 Å². The van der Waals surface area contributed by atoms with Gasteiger partial charge < -0.3 is 14.6 Å². The topological polar surface area (TPSA) is 88.9 Å². The summed E-state index contributed by atoms with van der Waals surface area (Å²) in [6.45, 7) is 4.32. The van der Waals surface area contributed by atoms with E-state index in [0.29, 0.717) is 17.9 Å². The van der Waals surface area contributed by atoms with Crippen molar-refractivity contribution in [3.63, 3.8) is 0 Å². The number of hydrogen-bond acceptors (Lipinski definition) is 6. The van der Waals surface area contributed by atoms with Gasteiger partial charge in [0.2, 0.25) is 0 Å². The molecule has 0 amide bonds. The van der Waals surface area contributed by atoms with Crippen LogP contribution in [-0.4, -0.2) is 44.4 Å². The van der Waals surface area contributed by atoms with Crippen LogP contribution in [0, 0.1) is 0 Å². The normalized spacial score (nSPS) is 18.7. The Labute approximate surface area is 203 Å². The molecule has 2 aromatic carbocycles. The molecule has 0 aliphatic carbocycles. The smallest absolute Gasteiger partial charge is 0.254 e. The largest absolute Gasteiger partial charge is 0.376 e. The lowest BCUT2D eigenvalue weighted by atomic mass is 9.96. The van der Waals surface area contributed by atoms with Gasteiger partial charge in [0.15, 0.2) is 5.82 Å². The molecule has 1 N–H and O–H groups in total. The number of nitrogens with one attached hydrogen (secondary N) is 1. The van der Waals surface area contributed by atoms with E-state index < -0.39 is 6.04 Å². The molecule has 180 valence electrons. The Morgan fingerprint density at radius 2 is 2.09 bits per heavy atom. The molecule has 2 aliphatic rings. The van der Waals surface area contributed by atoms with E-state index in [1.54, 1.807) is 0 Å². The van der Waals surface area contributed by atoms with Crippen molar-refractivity contribution in [2.24, 2.45) is 0 Å². The average molecular weight is 471 g/mol. The minimum atomic E-state index is -0.411. The lowest BCUT2D eigenvalue weighted by molar-refractivity contribution is 0.0924. The Balaban J connectivity index is 1.52. The summed E-state index contributed by atoms with van der Waals surface area (Å²) in [7, 11) is 0. The molecule has 4 heterocycles. The molecule has 0 radical (unpaired) electrons. The zero-order chi connectivity index (χ0) is 23.8. The van der Waals surface area contributed by atoms with Gasteiger partial charge in [-0.2, -0.15) is 0 Å². The molecular weight excluding hydrogens is 440 g/mol. The third-order valence-electron chi connectivity index (χ3n) is 7.30. The molecule has 8 nitrogen and oxygen atoms in total. The van der Waals surface area contributed by atoms with Crippen LogP contribution in [0.15, 0.2) is 53.3 Å². The molecule has 0 saturated carbocycles. The van der Waals surface area contributed by atoms with E-state index in [4.69, 9.17) is 4.74 Å². The van der Waals surface area contributed by atoms with Gasteiger partial charge in [-0.1, -0.05) is 31.2 Å². The van der Waals surface area contributed by atoms with Crippen molar-refractivity contribution >= 4 is 16.6 Å². The first kappa shape index (κ1) is 22.0. The van der Waals surface area contributed by atoms with Gasteiger partial charge in [0, 0.05) is 29.9 Å². The summed E-state index contributed by atoms with van der Waals surface area (Å²) in [4.78, 5) is 19.0. The van der Waals surface area contributed by atoms with Crippen LogP contribution in [0.1, 0.15) is 54.7 Å². The summed E-state index contributed by atoms with van der Waals surface area (Å²) in [6.07, 6.45) is 5.10. The van der Waals surface area contributed by atoms with Crippen LogP contribution in [0.3, 0.4) is 0 Å². The van der Waals surface area contributed by atoms with E-state index in [1.807, 2.05) is 16.8 Å². The molecule has 1 fully saturated rings. The molecule has 6 rings (SSSR count). The molecule has 2 aromatic heterocycles. The number of aromatic nitrogens is 5. The number of benzene rings is 2. The Hall–Kier alpha value is -3.52. The standard InChI is InChI=1S/C27H30N6O2/c1-2-18-11-12-23-20(15-18)16-22(27(34)28-23)25(32-13-5-8-19-7-3-4-10-24(19)32)26-29-30-31-33(26)17-21-9-6-14-35-21/h3-4,7,10-12,15-16,21,25H,2,5-6,8-9,13-14,17H2,1H3,(H,28,34)/t21-,25-/m1/s1. The second-order valence-corrected chi connectivity index (χ2v) is 9.51. The first-order valence-electron chi connectivity index (χ1n) is 12.6. The Morgan fingerprint density at radius 1 is 1.17 bits per heavy atom. The van der Waals surface area contributed by atoms with E-state index in [1.165, 1.54) is 11.1 Å². The number of pyridine rings is 1. The van der Waals surface area contributed by atoms with Gasteiger partial charge in [0.1, 0.15) is 6.04 Å². The summed E-state index contributed by atoms with van der Waals surface area (Å²) >= 11 is 0. The average Bonchev–Trinajstić information content (AvgIpc) is 3.57. The van der Waals surface area contributed by atoms with Gasteiger partial charge in [-0.25, -0.2) is 4.68 Å². The Bertz CT molecular complexity index is 1400. The molecular formula is C27H30N6O2. The number of aryl methyl sites for hydroxylation is 2. The number of rotatable bonds is 6. The third kappa shape index (κ3) is 4.12. The monoisotopic (exact) mass is 470 g/mol. The molecule has 2 atom stereocenters. The van der Waals surface area contributed by atoms with Crippen LogP contribution in [0.25, 0.3) is 10.9 Å². The molecule has 0 unspecified atom stereocenters. The predicted molar refractivity (Wildman–Crippen MR) is 135 cm³/mol. The van der Waals surface area contributed by atoms with Crippen molar-refractivity contribution in [1.82, 2.24) is 25.2 Å². The highest BCUT2D eigenvalue weighted by Gasteiger charge is 2.34. The van der Waals surface area contributed by atoms with Crippen LogP contribution in [0.2, 0.25) is 0 Å². The van der Waals surface area contributed by atoms with E-state index in [-0.39, 0.29) is 11.7 Å². The SMILES string of the molecule is CCc1ccc2[nH]c(=O)c([C@H](c3nnnn3C[C@H]3CCCO3)N3CCCc4ccccc43)cc2c1. The highest BCUT2D eigenvalue weighted by Crippen LogP contribution is 2.36. The van der Waals surface area contributed by atoms with Crippen LogP contribution < -0.4 is 10.5 Å². The van der Waals surface area contributed by atoms with Crippen molar-refractivity contribution in [2.45, 2.75) is 57.7 Å². The number of nitrogens with zero attached hydrogens (tertiary/aromatic N) is 5. The highest BCUT2D eigenvalue weighted by molar-refractivity contribution is 5.80. The maximum atomic E-state index is 13.6. The second-order valence-electron chi connectivity index (χ2n) is 9.51. The van der Waals surface area contributed by atoms with Crippen LogP contribution in [-0.2, 0) is 24.1 Å². The number of fused-ring (bicyclic) bond motifs is 2. The number of para-hydroxylation sites is 1. The minimum absolute atomic E-state index is 0.0912. The minimum Gasteiger partial charge on any atom is -0.376 e. The lowest BCUT2D eigenvalue weighted by Crippen LogP contribution is -2.39. The Kier molecular flexibility index (Phi) is 5.82. The van der Waals surface area contributed by atoms with Gasteiger partial charge in [0.05, 0.1) is 12.6 Å². The molecule has 2 aliphatic heterocycles. The fourth-order valence-corrected chi connectivity index (χ4v) is 5.49. The van der Waals surface area contributed by atoms with E-state index in [9.17, 15) is 4.79 Å². The predicted octanol–water partition coefficient (Wildman–Crippen LogP) is 3.80. The number of anilines is 1. The van der Waals surface area contributed by atoms with Crippen molar-refractivity contribution in [3.05, 3.63) is 81.4 Å². The number of ether oxygens (including phenoxy) is 1. The van der Waals surface area contributed by atoms with E-state index >= 15 is 0 Å². The molecule has 8 heteroatoms. The van der Waals surface area contributed by atoms with E-state index in [2.05, 4.69) is 68.7 Å². The van der Waals surface area contributed by atoms with Crippen molar-refractivity contribution in [2.75, 3.05) is 18.1 Å². The molecule has 35 heavy (non-hydrogen) atoms. The van der Waals surface area contributed by atoms with Gasteiger partial charge in [-0.15, -0.1) is 5.10 Å². The molecule has 0 bridgehead atoms. The summed E-state index contributed by atoms with van der Waals surface area (Å²) in [5, 5.41) is 13.9.